The summed E-state index contributed by atoms with van der Waals surface area (Å²) < 4.78 is -0.637. The molecule has 0 bridgehead atoms. The first kappa shape index (κ1) is 19.2. The topological polar surface area (TPSA) is 142 Å². The van der Waals surface area contributed by atoms with E-state index < -0.39 is 40.1 Å². The van der Waals surface area contributed by atoms with E-state index in [-0.39, 0.29) is 5.75 Å². The van der Waals surface area contributed by atoms with E-state index in [9.17, 15) is 24.6 Å². The normalized spacial score (nSPS) is 24.3. The van der Waals surface area contributed by atoms with Crippen LogP contribution in [0, 0.1) is 0 Å². The second-order valence-electron chi connectivity index (χ2n) is 6.32. The zero-order chi connectivity index (χ0) is 18.8. The van der Waals surface area contributed by atoms with Crippen molar-refractivity contribution in [1.82, 2.24) is 10.6 Å². The minimum Gasteiger partial charge on any atom is -0.508 e. The largest absolute Gasteiger partial charge is 0.508 e. The number of aliphatic carboxylic acids is 1. The summed E-state index contributed by atoms with van der Waals surface area (Å²) in [6.45, 7) is 3.52. The lowest BCUT2D eigenvalue weighted by Crippen LogP contribution is -2.52. The monoisotopic (exact) mass is 367 g/mol. The molecular weight excluding hydrogens is 346 g/mol. The van der Waals surface area contributed by atoms with Crippen LogP contribution in [-0.2, 0) is 14.4 Å². The number of hydrogen-bond donors (Lipinski definition) is 5. The van der Waals surface area contributed by atoms with Crippen molar-refractivity contribution in [2.45, 2.75) is 42.1 Å². The first-order chi connectivity index (χ1) is 11.7. The van der Waals surface area contributed by atoms with Crippen LogP contribution in [0.4, 0.5) is 0 Å². The standard InChI is InChI=1S/C16H21N3O5S/c1-16(2)12(15(23)24)19-14(25-16)10(7-20)18-13(22)11(17)8-3-5-9(21)6-4-8/h3-7,10-12,14,19,21H,17H2,1-2H3,(H,18,22)(H,23,24)/t10-,11-,12+,14-/m1/s1. The molecule has 0 radical (unpaired) electrons. The Morgan fingerprint density at radius 1 is 1.36 bits per heavy atom. The Morgan fingerprint density at radius 2 is 1.96 bits per heavy atom. The lowest BCUT2D eigenvalue weighted by molar-refractivity contribution is -0.140. The van der Waals surface area contributed by atoms with E-state index in [0.29, 0.717) is 11.8 Å². The molecule has 1 amide bonds. The number of carboxylic acid groups (broad SMARTS) is 1. The van der Waals surface area contributed by atoms with E-state index in [1.807, 2.05) is 0 Å². The van der Waals surface area contributed by atoms with Gasteiger partial charge in [-0.25, -0.2) is 0 Å². The molecule has 1 aliphatic rings. The molecule has 4 atom stereocenters. The Kier molecular flexibility index (Phi) is 5.71. The van der Waals surface area contributed by atoms with Crippen LogP contribution in [0.3, 0.4) is 0 Å². The smallest absolute Gasteiger partial charge is 0.322 e. The number of phenolic OH excluding ortho intramolecular Hbond substituents is 1. The first-order valence-electron chi connectivity index (χ1n) is 7.62. The van der Waals surface area contributed by atoms with Gasteiger partial charge in [-0.1, -0.05) is 12.1 Å². The molecule has 0 aliphatic carbocycles. The maximum Gasteiger partial charge on any atom is 0.322 e. The summed E-state index contributed by atoms with van der Waals surface area (Å²) >= 11 is 1.28. The van der Waals surface area contributed by atoms with Gasteiger partial charge in [0.05, 0.1) is 5.37 Å². The lowest BCUT2D eigenvalue weighted by atomic mass is 10.0. The summed E-state index contributed by atoms with van der Waals surface area (Å²) in [5, 5.41) is 23.4. The van der Waals surface area contributed by atoms with Gasteiger partial charge < -0.3 is 26.1 Å². The molecule has 9 heteroatoms. The molecule has 136 valence electrons. The Balaban J connectivity index is 2.06. The highest BCUT2D eigenvalue weighted by Gasteiger charge is 2.47. The molecule has 8 nitrogen and oxygen atoms in total. The van der Waals surface area contributed by atoms with Crippen LogP contribution in [0.15, 0.2) is 24.3 Å². The molecule has 0 aromatic heterocycles. The number of nitrogens with two attached hydrogens (primary N) is 1. The maximum absolute atomic E-state index is 12.3. The van der Waals surface area contributed by atoms with Crippen molar-refractivity contribution in [3.63, 3.8) is 0 Å². The predicted molar refractivity (Wildman–Crippen MR) is 93.0 cm³/mol. The fourth-order valence-electron chi connectivity index (χ4n) is 2.61. The van der Waals surface area contributed by atoms with Crippen LogP contribution in [0.25, 0.3) is 0 Å². The summed E-state index contributed by atoms with van der Waals surface area (Å²) in [6, 6.07) is 3.07. The van der Waals surface area contributed by atoms with E-state index in [1.165, 1.54) is 36.0 Å². The molecule has 1 aliphatic heterocycles. The Morgan fingerprint density at radius 3 is 2.44 bits per heavy atom. The van der Waals surface area contributed by atoms with Gasteiger partial charge in [-0.15, -0.1) is 11.8 Å². The summed E-state index contributed by atoms with van der Waals surface area (Å²) in [4.78, 5) is 35.1. The van der Waals surface area contributed by atoms with E-state index in [0.717, 1.165) is 0 Å². The molecule has 0 unspecified atom stereocenters. The third-order valence-electron chi connectivity index (χ3n) is 4.02. The number of phenols is 1. The maximum atomic E-state index is 12.3. The van der Waals surface area contributed by atoms with Crippen LogP contribution in [0.2, 0.25) is 0 Å². The van der Waals surface area contributed by atoms with Gasteiger partial charge in [-0.05, 0) is 31.5 Å². The molecule has 0 spiro atoms. The van der Waals surface area contributed by atoms with Crippen molar-refractivity contribution in [3.8, 4) is 5.75 Å². The number of carbonyl (C=O) groups excluding carboxylic acids is 2. The van der Waals surface area contributed by atoms with Crippen LogP contribution in [0.1, 0.15) is 25.5 Å². The minimum atomic E-state index is -1.02. The molecule has 0 saturated carbocycles. The molecule has 1 heterocycles. The number of carboxylic acids is 1. The average molecular weight is 367 g/mol. The number of carbonyl (C=O) groups is 3. The Bertz CT molecular complexity index is 664. The van der Waals surface area contributed by atoms with Gasteiger partial charge in [0, 0.05) is 4.75 Å². The van der Waals surface area contributed by atoms with Crippen molar-refractivity contribution in [3.05, 3.63) is 29.8 Å². The molecule has 1 aromatic carbocycles. The number of rotatable bonds is 6. The summed E-state index contributed by atoms with van der Waals surface area (Å²) in [6.07, 6.45) is 0.562. The third-order valence-corrected chi connectivity index (χ3v) is 5.55. The fourth-order valence-corrected chi connectivity index (χ4v) is 4.05. The highest BCUT2D eigenvalue weighted by molar-refractivity contribution is 8.01. The second kappa shape index (κ2) is 7.42. The SMILES string of the molecule is CC1(C)S[C@H]([C@@H](C=O)NC(=O)[C@H](N)c2ccc(O)cc2)N[C@H]1C(=O)O. The number of amides is 1. The van der Waals surface area contributed by atoms with Crippen LogP contribution in [0.5, 0.6) is 5.75 Å². The highest BCUT2D eigenvalue weighted by atomic mass is 32.2. The van der Waals surface area contributed by atoms with E-state index in [1.54, 1.807) is 13.8 Å². The van der Waals surface area contributed by atoms with Gasteiger partial charge in [-0.3, -0.25) is 14.9 Å². The van der Waals surface area contributed by atoms with E-state index in [2.05, 4.69) is 10.6 Å². The Hall–Kier alpha value is -2.10. The van der Waals surface area contributed by atoms with Gasteiger partial charge in [0.1, 0.15) is 30.2 Å². The number of benzene rings is 1. The number of hydrogen-bond acceptors (Lipinski definition) is 7. The third kappa shape index (κ3) is 4.30. The second-order valence-corrected chi connectivity index (χ2v) is 8.12. The van der Waals surface area contributed by atoms with Crippen molar-refractivity contribution < 1.29 is 24.6 Å². The highest BCUT2D eigenvalue weighted by Crippen LogP contribution is 2.39. The summed E-state index contributed by atoms with van der Waals surface area (Å²) in [5.41, 5.74) is 6.37. The average Bonchev–Trinajstić information content (AvgIpc) is 2.87. The predicted octanol–water partition coefficient (Wildman–Crippen LogP) is -0.0300. The zero-order valence-electron chi connectivity index (χ0n) is 13.8. The van der Waals surface area contributed by atoms with Crippen molar-refractivity contribution >= 4 is 29.9 Å². The van der Waals surface area contributed by atoms with Crippen LogP contribution >= 0.6 is 11.8 Å². The molecule has 6 N–H and O–H groups in total. The van der Waals surface area contributed by atoms with Gasteiger partial charge in [0.15, 0.2) is 0 Å². The van der Waals surface area contributed by atoms with Gasteiger partial charge in [0.25, 0.3) is 0 Å². The van der Waals surface area contributed by atoms with E-state index >= 15 is 0 Å². The van der Waals surface area contributed by atoms with Gasteiger partial charge >= 0.3 is 5.97 Å². The zero-order valence-corrected chi connectivity index (χ0v) is 14.6. The Labute approximate surface area is 149 Å². The summed E-state index contributed by atoms with van der Waals surface area (Å²) in [7, 11) is 0. The van der Waals surface area contributed by atoms with Gasteiger partial charge in [0.2, 0.25) is 5.91 Å². The molecular formula is C16H21N3O5S. The lowest BCUT2D eigenvalue weighted by Gasteiger charge is -2.22. The van der Waals surface area contributed by atoms with Crippen LogP contribution < -0.4 is 16.4 Å². The number of nitrogens with one attached hydrogen (secondary N) is 2. The van der Waals surface area contributed by atoms with Crippen LogP contribution in [-0.4, -0.2) is 50.6 Å². The fraction of sp³-hybridized carbons (Fsp3) is 0.438. The molecule has 1 fully saturated rings. The summed E-state index contributed by atoms with van der Waals surface area (Å²) in [5.74, 6) is -1.53. The number of aromatic hydroxyl groups is 1. The first-order valence-corrected chi connectivity index (χ1v) is 8.50. The van der Waals surface area contributed by atoms with Crippen molar-refractivity contribution in [2.24, 2.45) is 5.73 Å². The molecule has 1 saturated heterocycles. The van der Waals surface area contributed by atoms with Crippen molar-refractivity contribution in [2.75, 3.05) is 0 Å². The molecule has 25 heavy (non-hydrogen) atoms. The van der Waals surface area contributed by atoms with E-state index in [4.69, 9.17) is 5.73 Å². The molecule has 1 aromatic rings. The molecule has 2 rings (SSSR count). The number of aldehydes is 1. The minimum absolute atomic E-state index is 0.0515. The number of thioether (sulfide) groups is 1. The van der Waals surface area contributed by atoms with Crippen molar-refractivity contribution in [1.29, 1.82) is 0 Å². The quantitative estimate of drug-likeness (QED) is 0.441. The van der Waals surface area contributed by atoms with Gasteiger partial charge in [-0.2, -0.15) is 0 Å².